The Balaban J connectivity index is 1.42. The zero-order valence-electron chi connectivity index (χ0n) is 20.9. The number of halogens is 2. The van der Waals surface area contributed by atoms with E-state index in [1.165, 1.54) is 30.3 Å². The molecule has 0 saturated heterocycles. The van der Waals surface area contributed by atoms with Gasteiger partial charge in [0.25, 0.3) is 0 Å². The lowest BCUT2D eigenvalue weighted by Gasteiger charge is -2.21. The third kappa shape index (κ3) is 6.54. The molecule has 39 heavy (non-hydrogen) atoms. The summed E-state index contributed by atoms with van der Waals surface area (Å²) in [4.78, 5) is 45.8. The Labute approximate surface area is 233 Å². The molecule has 0 aliphatic carbocycles. The number of para-hydroxylation sites is 1. The molecule has 2 heterocycles. The van der Waals surface area contributed by atoms with Gasteiger partial charge in [0.1, 0.15) is 23.7 Å². The van der Waals surface area contributed by atoms with Gasteiger partial charge < -0.3 is 20.1 Å². The van der Waals surface area contributed by atoms with Gasteiger partial charge in [-0.2, -0.15) is 0 Å². The number of likely N-dealkylation sites (N-methyl/N-ethyl adjacent to an activating group) is 1. The Morgan fingerprint density at radius 1 is 1.08 bits per heavy atom. The van der Waals surface area contributed by atoms with E-state index in [0.29, 0.717) is 27.5 Å². The smallest absolute Gasteiger partial charge is 0.335 e. The number of aryl methyl sites for hydroxylation is 1. The van der Waals surface area contributed by atoms with Crippen LogP contribution in [-0.2, 0) is 11.4 Å². The molecule has 0 unspecified atom stereocenters. The van der Waals surface area contributed by atoms with Gasteiger partial charge in [0, 0.05) is 34.9 Å². The summed E-state index contributed by atoms with van der Waals surface area (Å²) in [5, 5.41) is 15.4. The van der Waals surface area contributed by atoms with Gasteiger partial charge in [-0.25, -0.2) is 19.6 Å². The maximum Gasteiger partial charge on any atom is 0.335 e. The van der Waals surface area contributed by atoms with Crippen molar-refractivity contribution in [3.8, 4) is 5.75 Å². The Hall–Kier alpha value is -4.41. The van der Waals surface area contributed by atoms with E-state index in [2.05, 4.69) is 20.6 Å². The molecule has 200 valence electrons. The third-order valence-corrected chi connectivity index (χ3v) is 6.52. The second kappa shape index (κ2) is 12.0. The van der Waals surface area contributed by atoms with Gasteiger partial charge in [0.2, 0.25) is 5.91 Å². The number of hydrogen-bond donors (Lipinski definition) is 3. The first-order chi connectivity index (χ1) is 18.6. The van der Waals surface area contributed by atoms with Crippen LogP contribution in [-0.4, -0.2) is 46.6 Å². The second-order valence-electron chi connectivity index (χ2n) is 8.42. The molecule has 0 spiro atoms. The van der Waals surface area contributed by atoms with Crippen LogP contribution in [0.15, 0.2) is 60.8 Å². The van der Waals surface area contributed by atoms with E-state index in [0.717, 1.165) is 11.1 Å². The lowest BCUT2D eigenvalue weighted by Crippen LogP contribution is -2.40. The molecule has 0 atom stereocenters. The van der Waals surface area contributed by atoms with Gasteiger partial charge in [-0.3, -0.25) is 10.1 Å². The largest absolute Gasteiger partial charge is 0.487 e. The number of fused-ring (bicyclic) bond motifs is 1. The first-order valence-electron chi connectivity index (χ1n) is 11.6. The number of carboxylic acid groups (broad SMARTS) is 1. The Morgan fingerprint density at radius 2 is 1.87 bits per heavy atom. The molecule has 0 bridgehead atoms. The molecule has 0 radical (unpaired) electrons. The van der Waals surface area contributed by atoms with Crippen LogP contribution in [0.25, 0.3) is 10.9 Å². The summed E-state index contributed by atoms with van der Waals surface area (Å²) in [6, 6.07) is 14.4. The maximum atomic E-state index is 12.8. The number of anilines is 2. The monoisotopic (exact) mass is 567 g/mol. The summed E-state index contributed by atoms with van der Waals surface area (Å²) in [5.74, 6) is -1.04. The second-order valence-corrected chi connectivity index (χ2v) is 9.21. The first kappa shape index (κ1) is 27.6. The number of urea groups is 1. The lowest BCUT2D eigenvalue weighted by molar-refractivity contribution is -0.117. The van der Waals surface area contributed by atoms with Crippen molar-refractivity contribution in [3.05, 3.63) is 87.7 Å². The molecular weight excluding hydrogens is 545 g/mol. The fraction of sp³-hybridized carbons (Fsp3) is 0.148. The number of aromatic nitrogens is 2. The molecule has 2 aromatic heterocycles. The molecule has 2 aromatic carbocycles. The molecule has 0 aliphatic heterocycles. The Morgan fingerprint density at radius 3 is 2.64 bits per heavy atom. The number of rotatable bonds is 8. The molecule has 0 aliphatic rings. The Kier molecular flexibility index (Phi) is 8.48. The SMILES string of the molecule is Cc1ccc2cccc(OCc3c(Cl)ccc(N(C)C(=O)CNC(=O)Nc4cc(C(=O)O)ccn4)c3Cl)c2n1. The molecular formula is C27H23Cl2N5O5. The Bertz CT molecular complexity index is 1580. The molecule has 0 fully saturated rings. The van der Waals surface area contributed by atoms with Crippen LogP contribution >= 0.6 is 23.2 Å². The standard InChI is InChI=1S/C27H23Cl2N5O5/c1-15-6-7-16-4-3-5-21(25(16)32-15)39-14-18-19(28)8-9-20(24(18)29)34(2)23(35)13-31-27(38)33-22-12-17(26(36)37)10-11-30-22/h3-12H,13-14H2,1-2H3,(H,36,37)(H2,30,31,33,38). The van der Waals surface area contributed by atoms with E-state index in [4.69, 9.17) is 33.0 Å². The van der Waals surface area contributed by atoms with Crippen molar-refractivity contribution in [1.82, 2.24) is 15.3 Å². The number of benzene rings is 2. The van der Waals surface area contributed by atoms with Crippen molar-refractivity contribution < 1.29 is 24.2 Å². The zero-order chi connectivity index (χ0) is 28.1. The predicted octanol–water partition coefficient (Wildman–Crippen LogP) is 5.31. The number of carboxylic acids is 1. The van der Waals surface area contributed by atoms with E-state index in [9.17, 15) is 14.4 Å². The van der Waals surface area contributed by atoms with Crippen LogP contribution in [0.1, 0.15) is 21.6 Å². The van der Waals surface area contributed by atoms with Gasteiger partial charge in [0.05, 0.1) is 22.8 Å². The van der Waals surface area contributed by atoms with E-state index in [-0.39, 0.29) is 29.6 Å². The fourth-order valence-electron chi connectivity index (χ4n) is 3.66. The van der Waals surface area contributed by atoms with E-state index in [1.54, 1.807) is 18.2 Å². The average molecular weight is 568 g/mol. The minimum Gasteiger partial charge on any atom is -0.487 e. The minimum atomic E-state index is -1.16. The topological polar surface area (TPSA) is 134 Å². The van der Waals surface area contributed by atoms with Crippen LogP contribution in [0.5, 0.6) is 5.75 Å². The number of ether oxygens (including phenoxy) is 1. The first-order valence-corrected chi connectivity index (χ1v) is 12.4. The lowest BCUT2D eigenvalue weighted by atomic mass is 10.1. The number of hydrogen-bond acceptors (Lipinski definition) is 6. The third-order valence-electron chi connectivity index (χ3n) is 5.74. The number of pyridine rings is 2. The van der Waals surface area contributed by atoms with Gasteiger partial charge in [0.15, 0.2) is 0 Å². The van der Waals surface area contributed by atoms with E-state index >= 15 is 0 Å². The van der Waals surface area contributed by atoms with Crippen LogP contribution in [0.2, 0.25) is 10.0 Å². The number of amides is 3. The van der Waals surface area contributed by atoms with Crippen molar-refractivity contribution in [2.45, 2.75) is 13.5 Å². The number of nitrogens with zero attached hydrogens (tertiary/aromatic N) is 3. The molecule has 4 aromatic rings. The van der Waals surface area contributed by atoms with Crippen LogP contribution < -0.4 is 20.3 Å². The molecule has 3 N–H and O–H groups in total. The summed E-state index contributed by atoms with van der Waals surface area (Å²) in [6.45, 7) is 1.56. The van der Waals surface area contributed by atoms with Crippen molar-refractivity contribution >= 4 is 63.5 Å². The van der Waals surface area contributed by atoms with Gasteiger partial charge in [-0.05, 0) is 43.3 Å². The highest BCUT2D eigenvalue weighted by molar-refractivity contribution is 6.38. The van der Waals surface area contributed by atoms with Gasteiger partial charge in [-0.15, -0.1) is 0 Å². The van der Waals surface area contributed by atoms with Crippen molar-refractivity contribution in [2.24, 2.45) is 0 Å². The van der Waals surface area contributed by atoms with Crippen LogP contribution in [0, 0.1) is 6.92 Å². The number of nitrogens with one attached hydrogen (secondary N) is 2. The summed E-state index contributed by atoms with van der Waals surface area (Å²) >= 11 is 13.1. The van der Waals surface area contributed by atoms with Crippen molar-refractivity contribution in [1.29, 1.82) is 0 Å². The maximum absolute atomic E-state index is 12.8. The average Bonchev–Trinajstić information content (AvgIpc) is 2.91. The predicted molar refractivity (Wildman–Crippen MR) is 149 cm³/mol. The number of carbonyl (C=O) groups is 3. The highest BCUT2D eigenvalue weighted by atomic mass is 35.5. The molecule has 3 amide bonds. The van der Waals surface area contributed by atoms with E-state index < -0.39 is 17.9 Å². The summed E-state index contributed by atoms with van der Waals surface area (Å²) in [6.07, 6.45) is 1.25. The minimum absolute atomic E-state index is 0.0233. The summed E-state index contributed by atoms with van der Waals surface area (Å²) in [5.41, 5.74) is 2.37. The van der Waals surface area contributed by atoms with Gasteiger partial charge in [-0.1, -0.05) is 41.4 Å². The summed E-state index contributed by atoms with van der Waals surface area (Å²) in [7, 11) is 1.51. The van der Waals surface area contributed by atoms with Crippen LogP contribution in [0.3, 0.4) is 0 Å². The summed E-state index contributed by atoms with van der Waals surface area (Å²) < 4.78 is 6.03. The van der Waals surface area contributed by atoms with Gasteiger partial charge >= 0.3 is 12.0 Å². The highest BCUT2D eigenvalue weighted by Gasteiger charge is 2.20. The normalized spacial score (nSPS) is 10.7. The molecule has 10 nitrogen and oxygen atoms in total. The molecule has 4 rings (SSSR count). The number of aromatic carboxylic acids is 1. The van der Waals surface area contributed by atoms with Crippen molar-refractivity contribution in [3.63, 3.8) is 0 Å². The quantitative estimate of drug-likeness (QED) is 0.262. The van der Waals surface area contributed by atoms with E-state index in [1.807, 2.05) is 31.2 Å². The molecule has 0 saturated carbocycles. The zero-order valence-corrected chi connectivity index (χ0v) is 22.4. The van der Waals surface area contributed by atoms with Crippen LogP contribution in [0.4, 0.5) is 16.3 Å². The molecule has 12 heteroatoms. The fourth-order valence-corrected chi connectivity index (χ4v) is 4.27. The highest BCUT2D eigenvalue weighted by Crippen LogP contribution is 2.35. The number of carbonyl (C=O) groups excluding carboxylic acids is 2. The van der Waals surface area contributed by atoms with Crippen molar-refractivity contribution in [2.75, 3.05) is 23.8 Å².